The summed E-state index contributed by atoms with van der Waals surface area (Å²) in [5, 5.41) is 18.8. The maximum atomic E-state index is 12.5. The molecule has 0 aromatic rings. The lowest BCUT2D eigenvalue weighted by Crippen LogP contribution is -2.51. The smallest absolute Gasteiger partial charge is 0.327 e. The molecule has 19 heavy (non-hydrogen) atoms. The summed E-state index contributed by atoms with van der Waals surface area (Å²) < 4.78 is 0. The van der Waals surface area contributed by atoms with Crippen LogP contribution in [-0.2, 0) is 4.79 Å². The summed E-state index contributed by atoms with van der Waals surface area (Å²) in [6.45, 7) is 0.842. The predicted molar refractivity (Wildman–Crippen MR) is 69.8 cm³/mol. The van der Waals surface area contributed by atoms with Gasteiger partial charge >= 0.3 is 12.0 Å². The second-order valence-corrected chi connectivity index (χ2v) is 6.64. The number of hydrogen-bond donors (Lipinski definition) is 2. The van der Waals surface area contributed by atoms with Gasteiger partial charge in [-0.1, -0.05) is 0 Å². The zero-order valence-corrected chi connectivity index (χ0v) is 11.4. The van der Waals surface area contributed by atoms with E-state index < -0.39 is 18.1 Å². The second-order valence-electron chi connectivity index (χ2n) is 5.49. The molecular weight excluding hydrogens is 268 g/mol. The third-order valence-corrected chi connectivity index (χ3v) is 5.46. The number of amides is 2. The molecule has 3 unspecified atom stereocenters. The molecule has 2 heterocycles. The highest BCUT2D eigenvalue weighted by atomic mass is 32.2. The molecule has 1 saturated carbocycles. The normalized spacial score (nSPS) is 34.9. The summed E-state index contributed by atoms with van der Waals surface area (Å²) in [4.78, 5) is 27.0. The fourth-order valence-corrected chi connectivity index (χ4v) is 4.41. The summed E-state index contributed by atoms with van der Waals surface area (Å²) in [5.74, 6) is -0.00638. The monoisotopic (exact) mass is 286 g/mol. The Morgan fingerprint density at radius 1 is 1.21 bits per heavy atom. The van der Waals surface area contributed by atoms with Gasteiger partial charge in [0.15, 0.2) is 0 Å². The van der Waals surface area contributed by atoms with Crippen LogP contribution in [-0.4, -0.2) is 68.4 Å². The Bertz CT molecular complexity index is 401. The quantitative estimate of drug-likeness (QED) is 0.768. The fraction of sp³-hybridized carbons (Fsp3) is 0.833. The maximum Gasteiger partial charge on any atom is 0.327 e. The molecule has 2 N–H and O–H groups in total. The number of likely N-dealkylation sites (tertiary alicyclic amines) is 1. The number of β-amino-alcohol motifs (C(OH)–C–C–N with tert-alkyl or cyclic N) is 1. The number of aliphatic hydroxyl groups excluding tert-OH is 1. The molecular formula is C12H18N2O4S. The molecule has 0 radical (unpaired) electrons. The number of nitrogens with zero attached hydrogens (tertiary/aromatic N) is 2. The van der Waals surface area contributed by atoms with Crippen LogP contribution in [0.4, 0.5) is 4.79 Å². The van der Waals surface area contributed by atoms with Gasteiger partial charge in [-0.3, -0.25) is 4.90 Å². The van der Waals surface area contributed by atoms with Gasteiger partial charge in [-0.05, 0) is 25.2 Å². The van der Waals surface area contributed by atoms with Crippen molar-refractivity contribution in [1.29, 1.82) is 0 Å². The van der Waals surface area contributed by atoms with E-state index >= 15 is 0 Å². The number of carboxylic acid groups (broad SMARTS) is 1. The van der Waals surface area contributed by atoms with Gasteiger partial charge in [-0.2, -0.15) is 0 Å². The van der Waals surface area contributed by atoms with Crippen molar-refractivity contribution >= 4 is 23.8 Å². The molecule has 106 valence electrons. The highest BCUT2D eigenvalue weighted by molar-refractivity contribution is 8.00. The van der Waals surface area contributed by atoms with Crippen molar-refractivity contribution in [1.82, 2.24) is 9.80 Å². The summed E-state index contributed by atoms with van der Waals surface area (Å²) in [6, 6.07) is -0.938. The van der Waals surface area contributed by atoms with Crippen molar-refractivity contribution in [2.45, 2.75) is 36.8 Å². The van der Waals surface area contributed by atoms with Gasteiger partial charge in [0.25, 0.3) is 0 Å². The third kappa shape index (κ3) is 2.41. The van der Waals surface area contributed by atoms with Crippen LogP contribution in [0.2, 0.25) is 0 Å². The first kappa shape index (κ1) is 13.1. The number of carbonyl (C=O) groups is 2. The molecule has 1 aliphatic carbocycles. The summed E-state index contributed by atoms with van der Waals surface area (Å²) in [7, 11) is 0. The first-order valence-electron chi connectivity index (χ1n) is 6.67. The molecule has 3 aliphatic rings. The molecule has 0 bridgehead atoms. The van der Waals surface area contributed by atoms with Gasteiger partial charge in [-0.15, -0.1) is 11.8 Å². The SMILES string of the molecule is O=C(O)C1CSC(C2CC2)N1C(=O)N1CCC(O)C1. The van der Waals surface area contributed by atoms with Crippen LogP contribution in [0.15, 0.2) is 0 Å². The zero-order valence-electron chi connectivity index (χ0n) is 10.6. The Kier molecular flexibility index (Phi) is 3.34. The van der Waals surface area contributed by atoms with E-state index in [0.717, 1.165) is 12.8 Å². The predicted octanol–water partition coefficient (Wildman–Crippen LogP) is 0.411. The average Bonchev–Trinajstić information content (AvgIpc) is 2.96. The first-order chi connectivity index (χ1) is 9.08. The van der Waals surface area contributed by atoms with Crippen LogP contribution in [0.25, 0.3) is 0 Å². The van der Waals surface area contributed by atoms with Gasteiger partial charge in [0, 0.05) is 18.8 Å². The van der Waals surface area contributed by atoms with Crippen LogP contribution in [0.5, 0.6) is 0 Å². The largest absolute Gasteiger partial charge is 0.480 e. The Labute approximate surface area is 115 Å². The van der Waals surface area contributed by atoms with Gasteiger partial charge < -0.3 is 15.1 Å². The molecule has 7 heteroatoms. The molecule has 2 aliphatic heterocycles. The van der Waals surface area contributed by atoms with Crippen molar-refractivity contribution in [3.8, 4) is 0 Å². The number of carboxylic acids is 1. The number of aliphatic carboxylic acids is 1. The summed E-state index contributed by atoms with van der Waals surface area (Å²) >= 11 is 1.58. The minimum absolute atomic E-state index is 0.00587. The maximum absolute atomic E-state index is 12.5. The van der Waals surface area contributed by atoms with Crippen LogP contribution in [0, 0.1) is 5.92 Å². The Morgan fingerprint density at radius 2 is 1.95 bits per heavy atom. The Morgan fingerprint density at radius 3 is 2.47 bits per heavy atom. The number of carbonyl (C=O) groups excluding carboxylic acids is 1. The molecule has 3 fully saturated rings. The highest BCUT2D eigenvalue weighted by Crippen LogP contribution is 2.45. The van der Waals surface area contributed by atoms with E-state index in [1.807, 2.05) is 0 Å². The topological polar surface area (TPSA) is 81.1 Å². The molecule has 0 aromatic carbocycles. The van der Waals surface area contributed by atoms with Crippen LogP contribution in [0.3, 0.4) is 0 Å². The van der Waals surface area contributed by atoms with Gasteiger partial charge in [0.2, 0.25) is 0 Å². The lowest BCUT2D eigenvalue weighted by molar-refractivity contribution is -0.141. The number of thioether (sulfide) groups is 1. The number of urea groups is 1. The molecule has 0 spiro atoms. The molecule has 3 rings (SSSR count). The van der Waals surface area contributed by atoms with E-state index in [9.17, 15) is 19.8 Å². The second kappa shape index (κ2) is 4.86. The summed E-state index contributed by atoms with van der Waals surface area (Å²) in [6.07, 6.45) is 2.27. The fourth-order valence-electron chi connectivity index (χ4n) is 2.78. The standard InChI is InChI=1S/C12H18N2O4S/c15-8-3-4-13(5-8)12(18)14-9(11(16)17)6-19-10(14)7-1-2-7/h7-10,15H,1-6H2,(H,16,17). The molecule has 2 saturated heterocycles. The van der Waals surface area contributed by atoms with Crippen molar-refractivity contribution in [3.63, 3.8) is 0 Å². The zero-order chi connectivity index (χ0) is 13.6. The van der Waals surface area contributed by atoms with Crippen molar-refractivity contribution < 1.29 is 19.8 Å². The molecule has 2 amide bonds. The molecule has 6 nitrogen and oxygen atoms in total. The highest BCUT2D eigenvalue weighted by Gasteiger charge is 2.49. The van der Waals surface area contributed by atoms with Gasteiger partial charge in [0.05, 0.1) is 11.5 Å². The lowest BCUT2D eigenvalue weighted by atomic mass is 10.2. The minimum atomic E-state index is -0.927. The van der Waals surface area contributed by atoms with Crippen LogP contribution < -0.4 is 0 Å². The van der Waals surface area contributed by atoms with E-state index in [4.69, 9.17) is 0 Å². The number of hydrogen-bond acceptors (Lipinski definition) is 4. The van der Waals surface area contributed by atoms with Gasteiger partial charge in [0.1, 0.15) is 6.04 Å². The van der Waals surface area contributed by atoms with E-state index in [2.05, 4.69) is 0 Å². The van der Waals surface area contributed by atoms with Crippen LogP contribution >= 0.6 is 11.8 Å². The summed E-state index contributed by atoms with van der Waals surface area (Å²) in [5.41, 5.74) is 0. The van der Waals surface area contributed by atoms with Crippen molar-refractivity contribution in [3.05, 3.63) is 0 Å². The van der Waals surface area contributed by atoms with Crippen molar-refractivity contribution in [2.24, 2.45) is 5.92 Å². The minimum Gasteiger partial charge on any atom is -0.480 e. The Hall–Kier alpha value is -0.950. The third-order valence-electron chi connectivity index (χ3n) is 4.00. The van der Waals surface area contributed by atoms with E-state index in [1.165, 1.54) is 0 Å². The number of rotatable bonds is 2. The number of aliphatic hydroxyl groups is 1. The lowest BCUT2D eigenvalue weighted by Gasteiger charge is -2.31. The van der Waals surface area contributed by atoms with Crippen LogP contribution in [0.1, 0.15) is 19.3 Å². The average molecular weight is 286 g/mol. The molecule has 3 atom stereocenters. The van der Waals surface area contributed by atoms with Gasteiger partial charge in [-0.25, -0.2) is 9.59 Å². The van der Waals surface area contributed by atoms with E-state index in [1.54, 1.807) is 21.6 Å². The Balaban J connectivity index is 1.77. The van der Waals surface area contributed by atoms with Crippen molar-refractivity contribution in [2.75, 3.05) is 18.8 Å². The first-order valence-corrected chi connectivity index (χ1v) is 7.72. The molecule has 0 aromatic heterocycles. The van der Waals surface area contributed by atoms with E-state index in [-0.39, 0.29) is 11.4 Å². The van der Waals surface area contributed by atoms with E-state index in [0.29, 0.717) is 31.2 Å².